The molecule has 3 nitrogen and oxygen atoms in total. The first-order chi connectivity index (χ1) is 7.57. The highest BCUT2D eigenvalue weighted by molar-refractivity contribution is 5.85. The smallest absolute Gasteiger partial charge is 0.0525 e. The van der Waals surface area contributed by atoms with Crippen molar-refractivity contribution in [3.63, 3.8) is 0 Å². The van der Waals surface area contributed by atoms with Crippen LogP contribution in [0.5, 0.6) is 0 Å². The van der Waals surface area contributed by atoms with Crippen molar-refractivity contribution in [2.45, 2.75) is 33.1 Å². The van der Waals surface area contributed by atoms with Crippen LogP contribution in [0.25, 0.3) is 0 Å². The van der Waals surface area contributed by atoms with Crippen molar-refractivity contribution in [3.8, 4) is 0 Å². The summed E-state index contributed by atoms with van der Waals surface area (Å²) in [4.78, 5) is 2.59. The lowest BCUT2D eigenvalue weighted by Gasteiger charge is -2.37. The molecule has 0 saturated carbocycles. The summed E-state index contributed by atoms with van der Waals surface area (Å²) in [5.41, 5.74) is 5.90. The highest BCUT2D eigenvalue weighted by atomic mass is 35.5. The van der Waals surface area contributed by atoms with E-state index in [0.29, 0.717) is 0 Å². The summed E-state index contributed by atoms with van der Waals surface area (Å²) in [5, 5.41) is 0. The summed E-state index contributed by atoms with van der Waals surface area (Å²) in [6.07, 6.45) is 3.87. The minimum atomic E-state index is 0. The number of hydrogen-bond acceptors (Lipinski definition) is 3. The second-order valence-electron chi connectivity index (χ2n) is 5.92. The summed E-state index contributed by atoms with van der Waals surface area (Å²) in [7, 11) is 1.79. The maximum Gasteiger partial charge on any atom is 0.0525 e. The van der Waals surface area contributed by atoms with E-state index in [1.54, 1.807) is 7.11 Å². The number of methoxy groups -OCH3 is 1. The molecule has 2 N–H and O–H groups in total. The first-order valence-corrected chi connectivity index (χ1v) is 6.49. The van der Waals surface area contributed by atoms with Gasteiger partial charge in [0.25, 0.3) is 0 Å². The SMILES string of the molecule is COCC(C)(C)CN1CCCC(CCN)C1.Cl. The Bertz CT molecular complexity index is 198. The van der Waals surface area contributed by atoms with Gasteiger partial charge in [-0.2, -0.15) is 0 Å². The fourth-order valence-corrected chi connectivity index (χ4v) is 2.81. The van der Waals surface area contributed by atoms with E-state index in [-0.39, 0.29) is 17.8 Å². The molecular formula is C13H29ClN2O. The van der Waals surface area contributed by atoms with Gasteiger partial charge < -0.3 is 15.4 Å². The van der Waals surface area contributed by atoms with Crippen molar-refractivity contribution in [2.24, 2.45) is 17.1 Å². The molecule has 0 aromatic rings. The van der Waals surface area contributed by atoms with Gasteiger partial charge in [-0.15, -0.1) is 12.4 Å². The third kappa shape index (κ3) is 6.61. The minimum Gasteiger partial charge on any atom is -0.384 e. The van der Waals surface area contributed by atoms with E-state index in [4.69, 9.17) is 10.5 Å². The Morgan fingerprint density at radius 3 is 2.71 bits per heavy atom. The Hall–Kier alpha value is 0.170. The number of ether oxygens (including phenoxy) is 1. The molecule has 1 heterocycles. The number of likely N-dealkylation sites (tertiary alicyclic amines) is 1. The summed E-state index contributed by atoms with van der Waals surface area (Å²) in [6, 6.07) is 0. The molecule has 1 saturated heterocycles. The largest absolute Gasteiger partial charge is 0.384 e. The van der Waals surface area contributed by atoms with Gasteiger partial charge in [0.1, 0.15) is 0 Å². The fraction of sp³-hybridized carbons (Fsp3) is 1.00. The van der Waals surface area contributed by atoms with Crippen molar-refractivity contribution in [3.05, 3.63) is 0 Å². The quantitative estimate of drug-likeness (QED) is 0.799. The van der Waals surface area contributed by atoms with Crippen LogP contribution in [0.15, 0.2) is 0 Å². The van der Waals surface area contributed by atoms with Crippen LogP contribution in [-0.4, -0.2) is 44.8 Å². The van der Waals surface area contributed by atoms with Crippen LogP contribution in [0, 0.1) is 11.3 Å². The predicted molar refractivity (Wildman–Crippen MR) is 75.7 cm³/mol. The lowest BCUT2D eigenvalue weighted by Crippen LogP contribution is -2.43. The Morgan fingerprint density at radius 1 is 1.41 bits per heavy atom. The second kappa shape index (κ2) is 8.30. The fourth-order valence-electron chi connectivity index (χ4n) is 2.81. The number of rotatable bonds is 6. The number of halogens is 1. The average Bonchev–Trinajstić information content (AvgIpc) is 2.17. The standard InChI is InChI=1S/C13H28N2O.ClH/c1-13(2,11-16-3)10-15-8-4-5-12(9-15)6-7-14;/h12H,4-11,14H2,1-3H3;1H. The van der Waals surface area contributed by atoms with Gasteiger partial charge in [-0.05, 0) is 38.3 Å². The summed E-state index contributed by atoms with van der Waals surface area (Å²) < 4.78 is 5.28. The molecule has 1 aliphatic rings. The van der Waals surface area contributed by atoms with E-state index in [1.807, 2.05) is 0 Å². The summed E-state index contributed by atoms with van der Waals surface area (Å²) in [6.45, 7) is 9.84. The molecule has 0 amide bonds. The van der Waals surface area contributed by atoms with Crippen molar-refractivity contribution in [1.82, 2.24) is 4.90 Å². The van der Waals surface area contributed by atoms with E-state index in [2.05, 4.69) is 18.7 Å². The number of hydrogen-bond donors (Lipinski definition) is 1. The Kier molecular flexibility index (Phi) is 8.39. The molecule has 1 atom stereocenters. The van der Waals surface area contributed by atoms with Crippen molar-refractivity contribution < 1.29 is 4.74 Å². The maximum atomic E-state index is 5.64. The van der Waals surface area contributed by atoms with Gasteiger partial charge in [-0.1, -0.05) is 13.8 Å². The zero-order chi connectivity index (χ0) is 12.0. The summed E-state index contributed by atoms with van der Waals surface area (Å²) >= 11 is 0. The lowest BCUT2D eigenvalue weighted by molar-refractivity contribution is 0.0528. The van der Waals surface area contributed by atoms with Crippen molar-refractivity contribution in [1.29, 1.82) is 0 Å². The maximum absolute atomic E-state index is 5.64. The third-order valence-electron chi connectivity index (χ3n) is 3.36. The van der Waals surface area contributed by atoms with E-state index < -0.39 is 0 Å². The van der Waals surface area contributed by atoms with Gasteiger partial charge in [0.2, 0.25) is 0 Å². The van der Waals surface area contributed by atoms with E-state index in [0.717, 1.165) is 25.6 Å². The highest BCUT2D eigenvalue weighted by Crippen LogP contribution is 2.24. The van der Waals surface area contributed by atoms with Gasteiger partial charge in [-0.3, -0.25) is 0 Å². The molecule has 1 aliphatic heterocycles. The van der Waals surface area contributed by atoms with Crippen LogP contribution in [0.3, 0.4) is 0 Å². The highest BCUT2D eigenvalue weighted by Gasteiger charge is 2.25. The molecular weight excluding hydrogens is 236 g/mol. The van der Waals surface area contributed by atoms with Crippen LogP contribution >= 0.6 is 12.4 Å². The molecule has 1 rings (SSSR count). The van der Waals surface area contributed by atoms with Gasteiger partial charge in [-0.25, -0.2) is 0 Å². The van der Waals surface area contributed by atoms with Crippen LogP contribution in [0.1, 0.15) is 33.1 Å². The van der Waals surface area contributed by atoms with Crippen LogP contribution in [0.2, 0.25) is 0 Å². The summed E-state index contributed by atoms with van der Waals surface area (Å²) in [5.74, 6) is 0.817. The van der Waals surface area contributed by atoms with E-state index >= 15 is 0 Å². The van der Waals surface area contributed by atoms with Gasteiger partial charge >= 0.3 is 0 Å². The average molecular weight is 265 g/mol. The third-order valence-corrected chi connectivity index (χ3v) is 3.36. The molecule has 0 bridgehead atoms. The van der Waals surface area contributed by atoms with Crippen LogP contribution in [0.4, 0.5) is 0 Å². The molecule has 104 valence electrons. The van der Waals surface area contributed by atoms with Gasteiger partial charge in [0.05, 0.1) is 6.61 Å². The minimum absolute atomic E-state index is 0. The second-order valence-corrected chi connectivity index (χ2v) is 5.92. The van der Waals surface area contributed by atoms with Crippen LogP contribution in [-0.2, 0) is 4.74 Å². The molecule has 0 aliphatic carbocycles. The van der Waals surface area contributed by atoms with Crippen LogP contribution < -0.4 is 5.73 Å². The Morgan fingerprint density at radius 2 is 2.12 bits per heavy atom. The molecule has 0 aromatic carbocycles. The van der Waals surface area contributed by atoms with Gasteiger partial charge in [0, 0.05) is 25.6 Å². The zero-order valence-corrected chi connectivity index (χ0v) is 12.4. The number of piperidine rings is 1. The van der Waals surface area contributed by atoms with Gasteiger partial charge in [0.15, 0.2) is 0 Å². The molecule has 0 radical (unpaired) electrons. The normalized spacial score (nSPS) is 22.2. The monoisotopic (exact) mass is 264 g/mol. The van der Waals surface area contributed by atoms with E-state index in [9.17, 15) is 0 Å². The zero-order valence-electron chi connectivity index (χ0n) is 11.6. The first-order valence-electron chi connectivity index (χ1n) is 6.49. The predicted octanol–water partition coefficient (Wildman–Crippen LogP) is 2.14. The first kappa shape index (κ1) is 17.2. The Balaban J connectivity index is 0.00000256. The van der Waals surface area contributed by atoms with E-state index in [1.165, 1.54) is 32.4 Å². The molecule has 1 unspecified atom stereocenters. The number of nitrogens with two attached hydrogens (primary N) is 1. The van der Waals surface area contributed by atoms with Crippen molar-refractivity contribution >= 4 is 12.4 Å². The molecule has 0 aromatic heterocycles. The molecule has 17 heavy (non-hydrogen) atoms. The number of nitrogens with zero attached hydrogens (tertiary/aromatic N) is 1. The van der Waals surface area contributed by atoms with Crippen molar-refractivity contribution in [2.75, 3.05) is 39.9 Å². The lowest BCUT2D eigenvalue weighted by atomic mass is 9.90. The molecule has 4 heteroatoms. The molecule has 0 spiro atoms. The molecule has 1 fully saturated rings. The topological polar surface area (TPSA) is 38.5 Å². The Labute approximate surface area is 112 Å².